The number of nitrogens with two attached hydrogens (primary N) is 1. The number of nitrogens with one attached hydrogen (secondary N) is 1. The highest BCUT2D eigenvalue weighted by Crippen LogP contribution is 2.18. The van der Waals surface area contributed by atoms with Crippen LogP contribution >= 0.6 is 11.3 Å². The maximum Gasteiger partial charge on any atom is 0.107 e. The summed E-state index contributed by atoms with van der Waals surface area (Å²) in [6.45, 7) is 2.98. The molecule has 1 aromatic heterocycles. The first-order chi connectivity index (χ1) is 6.24. The predicted molar refractivity (Wildman–Crippen MR) is 54.7 cm³/mol. The van der Waals surface area contributed by atoms with Crippen LogP contribution in [0.2, 0.25) is 0 Å². The molecule has 3 N–H and O–H groups in total. The van der Waals surface area contributed by atoms with Gasteiger partial charge in [-0.05, 0) is 19.8 Å². The van der Waals surface area contributed by atoms with Crippen molar-refractivity contribution in [2.45, 2.75) is 38.4 Å². The molecule has 0 radical (unpaired) electrons. The summed E-state index contributed by atoms with van der Waals surface area (Å²) in [5.41, 5.74) is 5.69. The van der Waals surface area contributed by atoms with E-state index in [2.05, 4.69) is 17.2 Å². The minimum Gasteiger partial charge on any atom is -0.328 e. The van der Waals surface area contributed by atoms with Gasteiger partial charge in [-0.3, -0.25) is 0 Å². The maximum atomic E-state index is 5.69. The van der Waals surface area contributed by atoms with Gasteiger partial charge >= 0.3 is 0 Å². The molecular weight excluding hydrogens is 182 g/mol. The Morgan fingerprint density at radius 2 is 2.46 bits per heavy atom. The van der Waals surface area contributed by atoms with Gasteiger partial charge in [-0.15, -0.1) is 11.3 Å². The molecule has 4 heteroatoms. The van der Waals surface area contributed by atoms with E-state index in [1.165, 1.54) is 9.88 Å². The zero-order chi connectivity index (χ0) is 9.26. The van der Waals surface area contributed by atoms with Crippen LogP contribution in [0.1, 0.15) is 22.7 Å². The largest absolute Gasteiger partial charge is 0.328 e. The van der Waals surface area contributed by atoms with Crippen molar-refractivity contribution >= 4 is 11.3 Å². The molecule has 13 heavy (non-hydrogen) atoms. The molecule has 0 unspecified atom stereocenters. The number of thiazole rings is 1. The van der Waals surface area contributed by atoms with Crippen molar-refractivity contribution in [2.24, 2.45) is 5.73 Å². The molecule has 1 aliphatic rings. The standard InChI is InChI=1S/C9H15N3S/c1-6-4-12-9(13-6)5-11-8-2-7(10)3-8/h4,7-8,11H,2-3,5,10H2,1H3. The molecule has 0 spiro atoms. The molecule has 1 fully saturated rings. The second-order valence-corrected chi connectivity index (χ2v) is 4.99. The van der Waals surface area contributed by atoms with Gasteiger partial charge in [-0.1, -0.05) is 0 Å². The summed E-state index contributed by atoms with van der Waals surface area (Å²) in [6.07, 6.45) is 4.16. The van der Waals surface area contributed by atoms with E-state index < -0.39 is 0 Å². The average molecular weight is 197 g/mol. The molecule has 2 rings (SSSR count). The highest BCUT2D eigenvalue weighted by Gasteiger charge is 2.25. The quantitative estimate of drug-likeness (QED) is 0.761. The van der Waals surface area contributed by atoms with E-state index in [1.807, 2.05) is 6.20 Å². The van der Waals surface area contributed by atoms with Crippen LogP contribution in [0.4, 0.5) is 0 Å². The smallest absolute Gasteiger partial charge is 0.107 e. The minimum atomic E-state index is 0.426. The molecule has 0 aromatic carbocycles. The van der Waals surface area contributed by atoms with Crippen molar-refractivity contribution in [3.63, 3.8) is 0 Å². The van der Waals surface area contributed by atoms with E-state index in [4.69, 9.17) is 5.73 Å². The van der Waals surface area contributed by atoms with Gasteiger partial charge in [0, 0.05) is 29.7 Å². The third-order valence-corrected chi connectivity index (χ3v) is 3.30. The lowest BCUT2D eigenvalue weighted by Crippen LogP contribution is -2.48. The molecule has 1 heterocycles. The summed E-state index contributed by atoms with van der Waals surface area (Å²) in [4.78, 5) is 5.57. The van der Waals surface area contributed by atoms with Gasteiger partial charge in [-0.25, -0.2) is 4.98 Å². The van der Waals surface area contributed by atoms with Gasteiger partial charge in [-0.2, -0.15) is 0 Å². The first-order valence-electron chi connectivity index (χ1n) is 4.64. The van der Waals surface area contributed by atoms with Crippen LogP contribution in [-0.2, 0) is 6.54 Å². The second-order valence-electron chi connectivity index (χ2n) is 3.67. The molecule has 0 atom stereocenters. The van der Waals surface area contributed by atoms with Crippen molar-refractivity contribution in [1.82, 2.24) is 10.3 Å². The Hall–Kier alpha value is -0.450. The van der Waals surface area contributed by atoms with Crippen LogP contribution in [0.15, 0.2) is 6.20 Å². The molecule has 0 bridgehead atoms. The molecule has 0 aliphatic heterocycles. The SMILES string of the molecule is Cc1cnc(CNC2CC(N)C2)s1. The van der Waals surface area contributed by atoms with Crippen LogP contribution in [-0.4, -0.2) is 17.1 Å². The summed E-state index contributed by atoms with van der Waals surface area (Å²) in [5.74, 6) is 0. The fourth-order valence-electron chi connectivity index (χ4n) is 1.54. The minimum absolute atomic E-state index is 0.426. The monoisotopic (exact) mass is 197 g/mol. The van der Waals surface area contributed by atoms with E-state index >= 15 is 0 Å². The molecule has 0 amide bonds. The van der Waals surface area contributed by atoms with E-state index in [0.29, 0.717) is 12.1 Å². The van der Waals surface area contributed by atoms with Crippen LogP contribution in [0.25, 0.3) is 0 Å². The Morgan fingerprint density at radius 1 is 1.69 bits per heavy atom. The summed E-state index contributed by atoms with van der Waals surface area (Å²) in [7, 11) is 0. The molecule has 72 valence electrons. The Bertz CT molecular complexity index is 278. The summed E-state index contributed by atoms with van der Waals surface area (Å²) >= 11 is 1.76. The van der Waals surface area contributed by atoms with Gasteiger partial charge in [0.2, 0.25) is 0 Å². The fraction of sp³-hybridized carbons (Fsp3) is 0.667. The Balaban J connectivity index is 1.74. The number of hydrogen-bond acceptors (Lipinski definition) is 4. The summed E-state index contributed by atoms with van der Waals surface area (Å²) in [6, 6.07) is 1.05. The van der Waals surface area contributed by atoms with E-state index in [0.717, 1.165) is 19.4 Å². The number of rotatable bonds is 3. The summed E-state index contributed by atoms with van der Waals surface area (Å²) in [5, 5.41) is 4.63. The molecule has 1 saturated carbocycles. The van der Waals surface area contributed by atoms with Crippen LogP contribution in [0.5, 0.6) is 0 Å². The maximum absolute atomic E-state index is 5.69. The molecule has 0 saturated heterocycles. The number of aromatic nitrogens is 1. The molecule has 1 aliphatic carbocycles. The van der Waals surface area contributed by atoms with E-state index in [9.17, 15) is 0 Å². The topological polar surface area (TPSA) is 50.9 Å². The molecular formula is C9H15N3S. The van der Waals surface area contributed by atoms with Gasteiger partial charge < -0.3 is 11.1 Å². The number of aryl methyl sites for hydroxylation is 1. The number of nitrogens with zero attached hydrogens (tertiary/aromatic N) is 1. The van der Waals surface area contributed by atoms with Crippen LogP contribution < -0.4 is 11.1 Å². The van der Waals surface area contributed by atoms with Crippen molar-refractivity contribution in [3.8, 4) is 0 Å². The fourth-order valence-corrected chi connectivity index (χ4v) is 2.28. The zero-order valence-electron chi connectivity index (χ0n) is 7.79. The Kier molecular flexibility index (Phi) is 2.62. The van der Waals surface area contributed by atoms with E-state index in [-0.39, 0.29) is 0 Å². The average Bonchev–Trinajstić information content (AvgIpc) is 2.43. The predicted octanol–water partition coefficient (Wildman–Crippen LogP) is 1.03. The van der Waals surface area contributed by atoms with Crippen LogP contribution in [0, 0.1) is 6.92 Å². The molecule has 3 nitrogen and oxygen atoms in total. The zero-order valence-corrected chi connectivity index (χ0v) is 8.60. The first-order valence-corrected chi connectivity index (χ1v) is 5.46. The third-order valence-electron chi connectivity index (χ3n) is 2.39. The first kappa shape index (κ1) is 9.12. The van der Waals surface area contributed by atoms with Gasteiger partial charge in [0.15, 0.2) is 0 Å². The lowest BCUT2D eigenvalue weighted by Gasteiger charge is -2.32. The highest BCUT2D eigenvalue weighted by atomic mass is 32.1. The summed E-state index contributed by atoms with van der Waals surface area (Å²) < 4.78 is 0. The van der Waals surface area contributed by atoms with Crippen molar-refractivity contribution < 1.29 is 0 Å². The van der Waals surface area contributed by atoms with Gasteiger partial charge in [0.1, 0.15) is 5.01 Å². The van der Waals surface area contributed by atoms with Crippen molar-refractivity contribution in [1.29, 1.82) is 0 Å². The van der Waals surface area contributed by atoms with Gasteiger partial charge in [0.25, 0.3) is 0 Å². The second kappa shape index (κ2) is 3.74. The number of hydrogen-bond donors (Lipinski definition) is 2. The van der Waals surface area contributed by atoms with Crippen molar-refractivity contribution in [3.05, 3.63) is 16.1 Å². The highest BCUT2D eigenvalue weighted by molar-refractivity contribution is 7.11. The Labute approximate surface area is 82.4 Å². The normalized spacial score (nSPS) is 27.2. The van der Waals surface area contributed by atoms with Gasteiger partial charge in [0.05, 0.1) is 0 Å². The molecule has 1 aromatic rings. The lowest BCUT2D eigenvalue weighted by atomic mass is 9.88. The third kappa shape index (κ3) is 2.27. The van der Waals surface area contributed by atoms with Crippen LogP contribution in [0.3, 0.4) is 0 Å². The van der Waals surface area contributed by atoms with E-state index in [1.54, 1.807) is 11.3 Å². The Morgan fingerprint density at radius 3 is 3.00 bits per heavy atom. The van der Waals surface area contributed by atoms with Crippen molar-refractivity contribution in [2.75, 3.05) is 0 Å². The lowest BCUT2D eigenvalue weighted by molar-refractivity contribution is 0.290.